The number of nitrogens with two attached hydrogens (primary N) is 1. The van der Waals surface area contributed by atoms with Gasteiger partial charge in [-0.15, -0.1) is 0 Å². The van der Waals surface area contributed by atoms with Crippen molar-refractivity contribution >= 4 is 10.1 Å². The molecule has 0 bridgehead atoms. The lowest BCUT2D eigenvalue weighted by molar-refractivity contribution is -0.179. The Bertz CT molecular complexity index is 348. The first kappa shape index (κ1) is 18.6. The maximum absolute atomic E-state index is 11.1. The molecule has 0 aromatic heterocycles. The fraction of sp³-hybridized carbons (Fsp3) is 1.00. The highest BCUT2D eigenvalue weighted by Gasteiger charge is 2.36. The van der Waals surface area contributed by atoms with Crippen molar-refractivity contribution in [2.75, 3.05) is 18.9 Å². The van der Waals surface area contributed by atoms with Gasteiger partial charge in [-0.1, -0.05) is 0 Å². The standard InChI is InChI=1S/C8H19NO9S/c9-1-2-19(16,17)18-8(15)7(14)6(13)5(12)4(11)3-10/h4-8,10-15H,1-3,9H2/t4-,5-,6+,7-,8?/m1/s1. The Morgan fingerprint density at radius 3 is 1.95 bits per heavy atom. The van der Waals surface area contributed by atoms with E-state index in [1.54, 1.807) is 0 Å². The van der Waals surface area contributed by atoms with Crippen molar-refractivity contribution < 1.29 is 43.2 Å². The highest BCUT2D eigenvalue weighted by atomic mass is 32.2. The minimum atomic E-state index is -4.20. The van der Waals surface area contributed by atoms with Gasteiger partial charge in [-0.3, -0.25) is 0 Å². The summed E-state index contributed by atoms with van der Waals surface area (Å²) in [5.74, 6) is -0.616. The van der Waals surface area contributed by atoms with Crippen molar-refractivity contribution in [1.29, 1.82) is 0 Å². The summed E-state index contributed by atoms with van der Waals surface area (Å²) >= 11 is 0. The summed E-state index contributed by atoms with van der Waals surface area (Å²) in [7, 11) is -4.20. The molecule has 0 amide bonds. The minimum absolute atomic E-state index is 0.278. The van der Waals surface area contributed by atoms with Gasteiger partial charge < -0.3 is 36.4 Å². The molecule has 0 heterocycles. The monoisotopic (exact) mass is 305 g/mol. The molecule has 0 aliphatic heterocycles. The number of aliphatic hydroxyl groups is 6. The lowest BCUT2D eigenvalue weighted by atomic mass is 10.0. The Morgan fingerprint density at radius 2 is 1.53 bits per heavy atom. The summed E-state index contributed by atoms with van der Waals surface area (Å²) in [4.78, 5) is 0. The van der Waals surface area contributed by atoms with Gasteiger partial charge in [0, 0.05) is 6.54 Å². The Morgan fingerprint density at radius 1 is 1.00 bits per heavy atom. The summed E-state index contributed by atoms with van der Waals surface area (Å²) in [6.07, 6.45) is -10.5. The van der Waals surface area contributed by atoms with E-state index in [1.165, 1.54) is 0 Å². The van der Waals surface area contributed by atoms with Crippen molar-refractivity contribution in [2.45, 2.75) is 30.7 Å². The molecule has 0 fully saturated rings. The number of rotatable bonds is 9. The first-order valence-corrected chi connectivity index (χ1v) is 6.86. The van der Waals surface area contributed by atoms with Crippen LogP contribution < -0.4 is 5.73 Å². The molecular formula is C8H19NO9S. The van der Waals surface area contributed by atoms with Crippen LogP contribution in [0, 0.1) is 0 Å². The van der Waals surface area contributed by atoms with E-state index in [9.17, 15) is 28.8 Å². The van der Waals surface area contributed by atoms with Crippen LogP contribution in [0.2, 0.25) is 0 Å². The normalized spacial score (nSPS) is 20.6. The van der Waals surface area contributed by atoms with Gasteiger partial charge in [0.25, 0.3) is 10.1 Å². The molecular weight excluding hydrogens is 286 g/mol. The van der Waals surface area contributed by atoms with Crippen LogP contribution >= 0.6 is 0 Å². The fourth-order valence-electron chi connectivity index (χ4n) is 1.11. The summed E-state index contributed by atoms with van der Waals surface area (Å²) < 4.78 is 26.3. The molecule has 5 atom stereocenters. The third-order valence-electron chi connectivity index (χ3n) is 2.19. The van der Waals surface area contributed by atoms with Gasteiger partial charge in [0.2, 0.25) is 6.29 Å². The topological polar surface area (TPSA) is 191 Å². The molecule has 0 aromatic rings. The Hall–Kier alpha value is -0.370. The van der Waals surface area contributed by atoms with E-state index in [-0.39, 0.29) is 6.54 Å². The summed E-state index contributed by atoms with van der Waals surface area (Å²) in [5, 5.41) is 54.8. The number of hydrogen-bond acceptors (Lipinski definition) is 10. The second kappa shape index (κ2) is 8.04. The van der Waals surface area contributed by atoms with Crippen molar-refractivity contribution in [1.82, 2.24) is 0 Å². The van der Waals surface area contributed by atoms with Gasteiger partial charge in [-0.25, -0.2) is 4.18 Å². The molecule has 8 N–H and O–H groups in total. The molecule has 10 nitrogen and oxygen atoms in total. The maximum Gasteiger partial charge on any atom is 0.271 e. The SMILES string of the molecule is NCCS(=O)(=O)OC(O)[C@H](O)[C@@H](O)[C@H](O)[C@H](O)CO. The van der Waals surface area contributed by atoms with E-state index in [1.807, 2.05) is 0 Å². The molecule has 0 aliphatic rings. The lowest BCUT2D eigenvalue weighted by Gasteiger charge is -2.27. The quantitative estimate of drug-likeness (QED) is 0.160. The summed E-state index contributed by atoms with van der Waals surface area (Å²) in [6.45, 7) is -1.19. The molecule has 0 rings (SSSR count). The third kappa shape index (κ3) is 6.07. The van der Waals surface area contributed by atoms with Crippen molar-refractivity contribution in [3.8, 4) is 0 Å². The van der Waals surface area contributed by atoms with Crippen molar-refractivity contribution in [3.05, 3.63) is 0 Å². The minimum Gasteiger partial charge on any atom is -0.394 e. The zero-order valence-corrected chi connectivity index (χ0v) is 10.7. The highest BCUT2D eigenvalue weighted by molar-refractivity contribution is 7.86. The highest BCUT2D eigenvalue weighted by Crippen LogP contribution is 2.11. The van der Waals surface area contributed by atoms with Crippen molar-refractivity contribution in [2.24, 2.45) is 5.73 Å². The smallest absolute Gasteiger partial charge is 0.271 e. The van der Waals surface area contributed by atoms with Gasteiger partial charge in [0.1, 0.15) is 24.4 Å². The van der Waals surface area contributed by atoms with Gasteiger partial charge in [-0.2, -0.15) is 8.42 Å². The maximum atomic E-state index is 11.1. The molecule has 0 saturated carbocycles. The zero-order valence-electron chi connectivity index (χ0n) is 9.90. The van der Waals surface area contributed by atoms with Gasteiger partial charge >= 0.3 is 0 Å². The van der Waals surface area contributed by atoms with E-state index in [4.69, 9.17) is 15.9 Å². The van der Waals surface area contributed by atoms with Crippen LogP contribution in [0.3, 0.4) is 0 Å². The van der Waals surface area contributed by atoms with Crippen LogP contribution in [0.15, 0.2) is 0 Å². The van der Waals surface area contributed by atoms with Crippen LogP contribution in [-0.2, 0) is 14.3 Å². The number of aliphatic hydroxyl groups excluding tert-OH is 6. The van der Waals surface area contributed by atoms with Gasteiger partial charge in [0.15, 0.2) is 0 Å². The van der Waals surface area contributed by atoms with Crippen LogP contribution in [-0.4, -0.2) is 88.7 Å². The number of hydrogen-bond donors (Lipinski definition) is 7. The summed E-state index contributed by atoms with van der Waals surface area (Å²) in [5.41, 5.74) is 4.98. The largest absolute Gasteiger partial charge is 0.394 e. The lowest BCUT2D eigenvalue weighted by Crippen LogP contribution is -2.51. The Kier molecular flexibility index (Phi) is 7.88. The molecule has 116 valence electrons. The van der Waals surface area contributed by atoms with Crippen LogP contribution in [0.4, 0.5) is 0 Å². The molecule has 19 heavy (non-hydrogen) atoms. The third-order valence-corrected chi connectivity index (χ3v) is 3.41. The molecule has 0 aliphatic carbocycles. The Labute approximate surface area is 109 Å². The van der Waals surface area contributed by atoms with E-state index in [0.29, 0.717) is 0 Å². The molecule has 0 aromatic carbocycles. The molecule has 0 radical (unpaired) electrons. The van der Waals surface area contributed by atoms with Gasteiger partial charge in [0.05, 0.1) is 12.4 Å². The fourth-order valence-corrected chi connectivity index (χ4v) is 1.91. The second-order valence-corrected chi connectivity index (χ2v) is 5.48. The first-order chi connectivity index (χ1) is 8.66. The molecule has 0 spiro atoms. The predicted octanol–water partition coefficient (Wildman–Crippen LogP) is -4.95. The van der Waals surface area contributed by atoms with Crippen LogP contribution in [0.5, 0.6) is 0 Å². The van der Waals surface area contributed by atoms with E-state index in [0.717, 1.165) is 0 Å². The van der Waals surface area contributed by atoms with Crippen LogP contribution in [0.1, 0.15) is 0 Å². The molecule has 11 heteroatoms. The van der Waals surface area contributed by atoms with Crippen molar-refractivity contribution in [3.63, 3.8) is 0 Å². The molecule has 1 unspecified atom stereocenters. The van der Waals surface area contributed by atoms with E-state index >= 15 is 0 Å². The zero-order chi connectivity index (χ0) is 15.2. The summed E-state index contributed by atoms with van der Waals surface area (Å²) in [6, 6.07) is 0. The van der Waals surface area contributed by atoms with Crippen LogP contribution in [0.25, 0.3) is 0 Å². The average molecular weight is 305 g/mol. The van der Waals surface area contributed by atoms with E-state index in [2.05, 4.69) is 4.18 Å². The second-order valence-electron chi connectivity index (χ2n) is 3.76. The average Bonchev–Trinajstić information content (AvgIpc) is 2.34. The predicted molar refractivity (Wildman–Crippen MR) is 61.0 cm³/mol. The molecule has 0 saturated heterocycles. The Balaban J connectivity index is 4.60. The van der Waals surface area contributed by atoms with Gasteiger partial charge in [-0.05, 0) is 0 Å². The van der Waals surface area contributed by atoms with E-state index < -0.39 is 53.2 Å². The first-order valence-electron chi connectivity index (χ1n) is 5.28.